The lowest BCUT2D eigenvalue weighted by molar-refractivity contribution is -0.217. The van der Waals surface area contributed by atoms with Gasteiger partial charge in [-0.05, 0) is 34.6 Å². The van der Waals surface area contributed by atoms with Gasteiger partial charge in [0.25, 0.3) is 0 Å². The fraction of sp³-hybridized carbons (Fsp3) is 0.857. The number of hydrogen-bond acceptors (Lipinski definition) is 7. The van der Waals surface area contributed by atoms with E-state index in [0.29, 0.717) is 0 Å². The van der Waals surface area contributed by atoms with E-state index in [1.807, 2.05) is 0 Å². The Balaban J connectivity index is 1.73. The van der Waals surface area contributed by atoms with Crippen molar-refractivity contribution in [1.29, 1.82) is 0 Å². The van der Waals surface area contributed by atoms with E-state index in [1.165, 1.54) is 0 Å². The zero-order valence-electron chi connectivity index (χ0n) is 12.7. The highest BCUT2D eigenvalue weighted by molar-refractivity contribution is 5.84. The van der Waals surface area contributed by atoms with Crippen LogP contribution in [0, 0.1) is 5.41 Å². The molecule has 3 aliphatic heterocycles. The van der Waals surface area contributed by atoms with E-state index in [2.05, 4.69) is 0 Å². The quantitative estimate of drug-likeness (QED) is 0.661. The summed E-state index contributed by atoms with van der Waals surface area (Å²) in [6.45, 7) is 8.67. The number of ether oxygens (including phenoxy) is 5. The number of fused-ring (bicyclic) bond motifs is 3. The maximum atomic E-state index is 12.0. The summed E-state index contributed by atoms with van der Waals surface area (Å²) in [6.07, 6.45) is -3.47. The van der Waals surface area contributed by atoms with Crippen molar-refractivity contribution in [2.75, 3.05) is 0 Å². The summed E-state index contributed by atoms with van der Waals surface area (Å²) in [6, 6.07) is 0. The van der Waals surface area contributed by atoms with Gasteiger partial charge in [0.15, 0.2) is 24.3 Å². The van der Waals surface area contributed by atoms with Crippen LogP contribution in [0.2, 0.25) is 0 Å². The largest absolute Gasteiger partial charge is 0.454 e. The molecule has 3 saturated heterocycles. The van der Waals surface area contributed by atoms with E-state index in [9.17, 15) is 9.59 Å². The maximum absolute atomic E-state index is 12.0. The molecule has 0 unspecified atom stereocenters. The second-order valence-corrected chi connectivity index (χ2v) is 7.05. The molecule has 3 aliphatic rings. The SMILES string of the molecule is CC1(C)O[C@H]2O[C@H]3[C@H](OC(=O)[C@@H]3OC(=O)C(C)(C)C)[C@H]2O1. The molecule has 118 valence electrons. The lowest BCUT2D eigenvalue weighted by Gasteiger charge is -2.23. The fourth-order valence-electron chi connectivity index (χ4n) is 2.62. The molecule has 0 aromatic carbocycles. The average molecular weight is 300 g/mol. The van der Waals surface area contributed by atoms with E-state index in [-0.39, 0.29) is 0 Å². The van der Waals surface area contributed by atoms with Gasteiger partial charge in [-0.25, -0.2) is 4.79 Å². The summed E-state index contributed by atoms with van der Waals surface area (Å²) in [5, 5.41) is 0. The minimum Gasteiger partial charge on any atom is -0.454 e. The van der Waals surface area contributed by atoms with Crippen LogP contribution >= 0.6 is 0 Å². The van der Waals surface area contributed by atoms with Gasteiger partial charge in [0.05, 0.1) is 5.41 Å². The first-order chi connectivity index (χ1) is 9.58. The van der Waals surface area contributed by atoms with Crippen LogP contribution < -0.4 is 0 Å². The van der Waals surface area contributed by atoms with Gasteiger partial charge >= 0.3 is 11.9 Å². The molecule has 21 heavy (non-hydrogen) atoms. The molecule has 3 fully saturated rings. The van der Waals surface area contributed by atoms with Crippen LogP contribution in [0.25, 0.3) is 0 Å². The molecule has 0 bridgehead atoms. The smallest absolute Gasteiger partial charge is 0.350 e. The third kappa shape index (κ3) is 2.43. The Morgan fingerprint density at radius 2 is 1.81 bits per heavy atom. The first-order valence-corrected chi connectivity index (χ1v) is 7.01. The van der Waals surface area contributed by atoms with Gasteiger partial charge in [0, 0.05) is 0 Å². The maximum Gasteiger partial charge on any atom is 0.350 e. The second-order valence-electron chi connectivity index (χ2n) is 7.05. The summed E-state index contributed by atoms with van der Waals surface area (Å²) in [7, 11) is 0. The second kappa shape index (κ2) is 4.41. The third-order valence-electron chi connectivity index (χ3n) is 3.66. The Morgan fingerprint density at radius 1 is 1.14 bits per heavy atom. The van der Waals surface area contributed by atoms with Crippen LogP contribution in [0.15, 0.2) is 0 Å². The Bertz CT molecular complexity index is 478. The lowest BCUT2D eigenvalue weighted by atomic mass is 9.97. The number of esters is 2. The zero-order chi connectivity index (χ0) is 15.6. The molecule has 3 heterocycles. The molecule has 0 radical (unpaired) electrons. The minimum absolute atomic E-state index is 0.479. The highest BCUT2D eigenvalue weighted by atomic mass is 16.8. The van der Waals surface area contributed by atoms with Crippen molar-refractivity contribution in [3.05, 3.63) is 0 Å². The van der Waals surface area contributed by atoms with Gasteiger partial charge in [0.1, 0.15) is 6.10 Å². The molecule has 0 aliphatic carbocycles. The predicted octanol–water partition coefficient (Wildman–Crippen LogP) is 0.746. The molecule has 0 N–H and O–H groups in total. The van der Waals surface area contributed by atoms with Crippen molar-refractivity contribution in [2.24, 2.45) is 5.41 Å². The minimum atomic E-state index is -1.07. The van der Waals surface area contributed by atoms with Crippen molar-refractivity contribution < 1.29 is 33.3 Å². The molecule has 0 aromatic heterocycles. The summed E-state index contributed by atoms with van der Waals surface area (Å²) >= 11 is 0. The summed E-state index contributed by atoms with van der Waals surface area (Å²) < 4.78 is 27.5. The molecule has 0 amide bonds. The Kier molecular flexibility index (Phi) is 3.10. The van der Waals surface area contributed by atoms with Crippen LogP contribution in [-0.2, 0) is 33.3 Å². The Labute approximate surface area is 122 Å². The van der Waals surface area contributed by atoms with Gasteiger partial charge in [-0.1, -0.05) is 0 Å². The van der Waals surface area contributed by atoms with Gasteiger partial charge in [-0.3, -0.25) is 4.79 Å². The number of hydrogen-bond donors (Lipinski definition) is 0. The van der Waals surface area contributed by atoms with Crippen molar-refractivity contribution in [3.8, 4) is 0 Å². The number of rotatable bonds is 1. The molecule has 0 spiro atoms. The highest BCUT2D eigenvalue weighted by Gasteiger charge is 2.64. The third-order valence-corrected chi connectivity index (χ3v) is 3.66. The van der Waals surface area contributed by atoms with E-state index in [4.69, 9.17) is 23.7 Å². The van der Waals surface area contributed by atoms with Gasteiger partial charge < -0.3 is 23.7 Å². The van der Waals surface area contributed by atoms with Gasteiger partial charge in [-0.15, -0.1) is 0 Å². The van der Waals surface area contributed by atoms with Gasteiger partial charge in [-0.2, -0.15) is 0 Å². The predicted molar refractivity (Wildman–Crippen MR) is 67.9 cm³/mol. The molecular weight excluding hydrogens is 280 g/mol. The van der Waals surface area contributed by atoms with Crippen LogP contribution in [0.3, 0.4) is 0 Å². The van der Waals surface area contributed by atoms with E-state index >= 15 is 0 Å². The number of carbonyl (C=O) groups excluding carboxylic acids is 2. The average Bonchev–Trinajstić information content (AvgIpc) is 2.87. The van der Waals surface area contributed by atoms with Crippen LogP contribution in [0.1, 0.15) is 34.6 Å². The normalized spacial score (nSPS) is 40.6. The topological polar surface area (TPSA) is 80.3 Å². The van der Waals surface area contributed by atoms with E-state index in [1.54, 1.807) is 34.6 Å². The van der Waals surface area contributed by atoms with Crippen molar-refractivity contribution >= 4 is 11.9 Å². The standard InChI is InChI=1S/C14H20O7/c1-13(2,3)12(16)19-8-6-7(17-10(8)15)9-11(18-6)21-14(4,5)20-9/h6-9,11H,1-5H3/t6-,7-,8+,9+,11+/m0/s1. The fourth-order valence-corrected chi connectivity index (χ4v) is 2.62. The summed E-state index contributed by atoms with van der Waals surface area (Å²) in [5.74, 6) is -1.87. The van der Waals surface area contributed by atoms with Gasteiger partial charge in [0.2, 0.25) is 6.10 Å². The summed E-state index contributed by atoms with van der Waals surface area (Å²) in [5.41, 5.74) is -0.707. The molecule has 7 heteroatoms. The molecule has 5 atom stereocenters. The first kappa shape index (κ1) is 14.7. The molecule has 3 rings (SSSR count). The van der Waals surface area contributed by atoms with E-state index in [0.717, 1.165) is 0 Å². The molecule has 7 nitrogen and oxygen atoms in total. The molecular formula is C14H20O7. The highest BCUT2D eigenvalue weighted by Crippen LogP contribution is 2.43. The van der Waals surface area contributed by atoms with Crippen LogP contribution in [-0.4, -0.2) is 48.4 Å². The van der Waals surface area contributed by atoms with Crippen molar-refractivity contribution in [2.45, 2.75) is 71.1 Å². The zero-order valence-corrected chi connectivity index (χ0v) is 12.7. The lowest BCUT2D eigenvalue weighted by Crippen LogP contribution is -2.39. The summed E-state index contributed by atoms with van der Waals surface area (Å²) in [4.78, 5) is 23.9. The van der Waals surface area contributed by atoms with Crippen molar-refractivity contribution in [1.82, 2.24) is 0 Å². The van der Waals surface area contributed by atoms with Crippen molar-refractivity contribution in [3.63, 3.8) is 0 Å². The van der Waals surface area contributed by atoms with E-state index < -0.39 is 53.8 Å². The van der Waals surface area contributed by atoms with Crippen LogP contribution in [0.5, 0.6) is 0 Å². The molecule has 0 saturated carbocycles. The molecule has 0 aromatic rings. The Morgan fingerprint density at radius 3 is 2.43 bits per heavy atom. The first-order valence-electron chi connectivity index (χ1n) is 7.01. The number of carbonyl (C=O) groups is 2. The van der Waals surface area contributed by atoms with Crippen LogP contribution in [0.4, 0.5) is 0 Å². The monoisotopic (exact) mass is 300 g/mol. The Hall–Kier alpha value is -1.18.